The molecule has 2 aromatic rings. The first-order valence-electron chi connectivity index (χ1n) is 11.3. The van der Waals surface area contributed by atoms with Gasteiger partial charge in [0.1, 0.15) is 18.7 Å². The van der Waals surface area contributed by atoms with Crippen LogP contribution in [0.25, 0.3) is 0 Å². The van der Waals surface area contributed by atoms with E-state index >= 15 is 0 Å². The van der Waals surface area contributed by atoms with E-state index in [0.29, 0.717) is 11.3 Å². The molecule has 0 saturated heterocycles. The quantitative estimate of drug-likeness (QED) is 0.106. The molecule has 0 aliphatic rings. The number of carboxylic acid groups (broad SMARTS) is 2. The molecule has 2 atom stereocenters. The molecule has 0 saturated carbocycles. The number of aliphatic carboxylic acids is 2. The van der Waals surface area contributed by atoms with Crippen molar-refractivity contribution in [3.05, 3.63) is 71.8 Å². The average Bonchev–Trinajstić information content (AvgIpc) is 2.88. The second-order valence-electron chi connectivity index (χ2n) is 7.76. The maximum absolute atomic E-state index is 12.4. The van der Waals surface area contributed by atoms with Gasteiger partial charge in [0.2, 0.25) is 5.91 Å². The molecule has 0 fully saturated rings. The zero-order chi connectivity index (χ0) is 27.0. The Morgan fingerprint density at radius 3 is 2.10 bits per heavy atom. The SMILES string of the molecule is O=C([O-])CNC(=O)[C@H](CSCc1ccccc1)N=C([O-])CC[C@H](NC(=O)OCc1ccccc1)C(=O)O.[Na+].[Na+]. The van der Waals surface area contributed by atoms with Crippen molar-refractivity contribution in [1.82, 2.24) is 10.6 Å². The van der Waals surface area contributed by atoms with Crippen molar-refractivity contribution < 1.29 is 98.3 Å². The number of nitrogens with one attached hydrogen (secondary N) is 2. The van der Waals surface area contributed by atoms with Gasteiger partial charge in [0.05, 0.1) is 12.5 Å². The molecule has 14 heteroatoms. The topological polar surface area (TPSA) is 180 Å². The van der Waals surface area contributed by atoms with Gasteiger partial charge in [-0.15, -0.1) is 0 Å². The largest absolute Gasteiger partial charge is 1.00 e. The summed E-state index contributed by atoms with van der Waals surface area (Å²) in [5.74, 6) is -3.78. The molecular weight excluding hydrogens is 548 g/mol. The van der Waals surface area contributed by atoms with Crippen molar-refractivity contribution in [2.45, 2.75) is 37.3 Å². The third-order valence-corrected chi connectivity index (χ3v) is 5.94. The number of nitrogens with zero attached hydrogens (tertiary/aromatic N) is 1. The Morgan fingerprint density at radius 1 is 0.949 bits per heavy atom. The molecule has 0 spiro atoms. The van der Waals surface area contributed by atoms with Crippen LogP contribution in [0.15, 0.2) is 65.7 Å². The first kappa shape index (κ1) is 36.9. The summed E-state index contributed by atoms with van der Waals surface area (Å²) in [6.45, 7) is -0.797. The van der Waals surface area contributed by atoms with E-state index in [1.807, 2.05) is 30.3 Å². The predicted molar refractivity (Wildman–Crippen MR) is 132 cm³/mol. The van der Waals surface area contributed by atoms with E-state index in [4.69, 9.17) is 4.74 Å². The number of benzene rings is 2. The average molecular weight is 576 g/mol. The van der Waals surface area contributed by atoms with Crippen molar-refractivity contribution in [3.63, 3.8) is 0 Å². The van der Waals surface area contributed by atoms with Gasteiger partial charge in [0.25, 0.3) is 0 Å². The zero-order valence-electron chi connectivity index (χ0n) is 21.8. The van der Waals surface area contributed by atoms with Gasteiger partial charge in [0, 0.05) is 11.5 Å². The maximum Gasteiger partial charge on any atom is 1.00 e. The standard InChI is InChI=1S/C25H29N3O8S.2Na/c29-21(12-11-19(24(33)34)28-25(35)36-14-17-7-3-1-4-8-17)27-20(23(32)26-13-22(30)31)16-37-15-18-9-5-2-6-10-18;;/h1-10,19-20H,11-16H2,(H,26,32)(H,27,29)(H,28,35)(H,30,31)(H,33,34);;/q;2*+1/p-2/t19-,20-;;/m0../s1. The van der Waals surface area contributed by atoms with Gasteiger partial charge in [-0.05, 0) is 29.9 Å². The number of ether oxygens (including phenoxy) is 1. The molecule has 0 heterocycles. The smallest absolute Gasteiger partial charge is 0.862 e. The number of carbonyl (C=O) groups is 4. The van der Waals surface area contributed by atoms with E-state index in [1.165, 1.54) is 11.8 Å². The van der Waals surface area contributed by atoms with Crippen molar-refractivity contribution >= 4 is 41.6 Å². The zero-order valence-corrected chi connectivity index (χ0v) is 26.6. The predicted octanol–water partition coefficient (Wildman–Crippen LogP) is -5.92. The Morgan fingerprint density at radius 2 is 1.54 bits per heavy atom. The summed E-state index contributed by atoms with van der Waals surface area (Å²) >= 11 is 1.32. The van der Waals surface area contributed by atoms with Crippen LogP contribution >= 0.6 is 11.8 Å². The Bertz CT molecular complexity index is 1080. The molecule has 3 N–H and O–H groups in total. The van der Waals surface area contributed by atoms with E-state index in [0.717, 1.165) is 5.56 Å². The number of hydrogen-bond donors (Lipinski definition) is 3. The second kappa shape index (κ2) is 20.8. The van der Waals surface area contributed by atoms with Gasteiger partial charge >= 0.3 is 71.2 Å². The fourth-order valence-electron chi connectivity index (χ4n) is 2.98. The van der Waals surface area contributed by atoms with E-state index in [9.17, 15) is 34.5 Å². The number of alkyl carbamates (subject to hydrolysis) is 1. The third-order valence-electron chi connectivity index (χ3n) is 4.85. The summed E-state index contributed by atoms with van der Waals surface area (Å²) in [5, 5.41) is 36.8. The van der Waals surface area contributed by atoms with Crippen LogP contribution in [-0.2, 0) is 31.5 Å². The number of rotatable bonds is 15. The van der Waals surface area contributed by atoms with E-state index in [-0.39, 0.29) is 84.3 Å². The van der Waals surface area contributed by atoms with Crippen LogP contribution in [0, 0.1) is 0 Å². The number of carbonyl (C=O) groups excluding carboxylic acids is 3. The third kappa shape index (κ3) is 16.0. The summed E-state index contributed by atoms with van der Waals surface area (Å²) in [4.78, 5) is 50.4. The number of thioether (sulfide) groups is 1. The van der Waals surface area contributed by atoms with Crippen molar-refractivity contribution in [2.24, 2.45) is 4.99 Å². The summed E-state index contributed by atoms with van der Waals surface area (Å²) in [7, 11) is 0. The summed E-state index contributed by atoms with van der Waals surface area (Å²) in [6, 6.07) is 15.6. The minimum absolute atomic E-state index is 0. The molecule has 2 rings (SSSR count). The Hall–Kier alpha value is -2.06. The maximum atomic E-state index is 12.4. The fraction of sp³-hybridized carbons (Fsp3) is 0.320. The first-order valence-corrected chi connectivity index (χ1v) is 12.4. The van der Waals surface area contributed by atoms with Gasteiger partial charge in [-0.1, -0.05) is 60.7 Å². The van der Waals surface area contributed by atoms with Crippen LogP contribution in [0.3, 0.4) is 0 Å². The molecule has 2 amide bonds. The number of hydrogen-bond acceptors (Lipinski definition) is 9. The van der Waals surface area contributed by atoms with Gasteiger partial charge < -0.3 is 35.5 Å². The minimum Gasteiger partial charge on any atom is -0.862 e. The van der Waals surface area contributed by atoms with Crippen LogP contribution in [-0.4, -0.2) is 59.3 Å². The number of aliphatic imine (C=N–C) groups is 1. The van der Waals surface area contributed by atoms with Crippen LogP contribution in [0.4, 0.5) is 4.79 Å². The molecule has 0 aromatic heterocycles. The first-order chi connectivity index (χ1) is 17.7. The van der Waals surface area contributed by atoms with E-state index in [1.54, 1.807) is 30.3 Å². The molecule has 2 aromatic carbocycles. The molecule has 0 aliphatic heterocycles. The van der Waals surface area contributed by atoms with Crippen molar-refractivity contribution in [2.75, 3.05) is 12.3 Å². The van der Waals surface area contributed by atoms with Gasteiger partial charge in [0.15, 0.2) is 0 Å². The van der Waals surface area contributed by atoms with Crippen molar-refractivity contribution in [3.8, 4) is 0 Å². The molecule has 11 nitrogen and oxygen atoms in total. The monoisotopic (exact) mass is 575 g/mol. The van der Waals surface area contributed by atoms with E-state index < -0.39 is 48.5 Å². The van der Waals surface area contributed by atoms with Crippen molar-refractivity contribution in [1.29, 1.82) is 0 Å². The Labute approximate surface area is 274 Å². The molecular formula is C25H27N3Na2O8S. The molecule has 0 bridgehead atoms. The van der Waals surface area contributed by atoms with Gasteiger partial charge in [-0.25, -0.2) is 9.59 Å². The van der Waals surface area contributed by atoms with Crippen LogP contribution in [0.2, 0.25) is 0 Å². The number of amides is 2. The summed E-state index contributed by atoms with van der Waals surface area (Å²) in [6.07, 6.45) is -1.62. The van der Waals surface area contributed by atoms with Gasteiger partial charge in [-0.3, -0.25) is 9.79 Å². The summed E-state index contributed by atoms with van der Waals surface area (Å²) in [5.41, 5.74) is 1.70. The van der Waals surface area contributed by atoms with Crippen LogP contribution in [0.5, 0.6) is 0 Å². The summed E-state index contributed by atoms with van der Waals surface area (Å²) < 4.78 is 5.01. The second-order valence-corrected chi connectivity index (χ2v) is 8.79. The molecule has 198 valence electrons. The Balaban J connectivity index is 0.00000722. The van der Waals surface area contributed by atoms with Gasteiger partial charge in [-0.2, -0.15) is 11.8 Å². The fourth-order valence-corrected chi connectivity index (χ4v) is 3.98. The number of carboxylic acids is 2. The van der Waals surface area contributed by atoms with E-state index in [2.05, 4.69) is 15.6 Å². The molecule has 0 radical (unpaired) electrons. The Kier molecular flexibility index (Phi) is 19.7. The normalized spacial score (nSPS) is 12.1. The minimum atomic E-state index is -1.50. The molecule has 39 heavy (non-hydrogen) atoms. The van der Waals surface area contributed by atoms with Crippen LogP contribution in [0.1, 0.15) is 24.0 Å². The molecule has 0 aliphatic carbocycles. The van der Waals surface area contributed by atoms with Crippen LogP contribution < -0.4 is 80.0 Å². The molecule has 0 unspecified atom stereocenters.